The molecule has 0 bridgehead atoms. The van der Waals surface area contributed by atoms with Gasteiger partial charge in [-0.2, -0.15) is 0 Å². The van der Waals surface area contributed by atoms with Crippen molar-refractivity contribution in [1.82, 2.24) is 0 Å². The van der Waals surface area contributed by atoms with Gasteiger partial charge in [0.25, 0.3) is 0 Å². The smallest absolute Gasteiger partial charge is 0.135 e. The summed E-state index contributed by atoms with van der Waals surface area (Å²) in [4.78, 5) is 2.41. The topological polar surface area (TPSA) is 16.4 Å². The molecule has 9 aromatic rings. The van der Waals surface area contributed by atoms with E-state index in [1.807, 2.05) is 12.1 Å². The normalized spacial score (nSPS) is 13.3. The van der Waals surface area contributed by atoms with E-state index in [1.54, 1.807) is 0 Å². The molecule has 0 atom stereocenters. The predicted octanol–water partition coefficient (Wildman–Crippen LogP) is 13.3. The molecule has 0 saturated carbocycles. The summed E-state index contributed by atoms with van der Waals surface area (Å²) < 4.78 is 6.11. The van der Waals surface area contributed by atoms with Crippen LogP contribution in [0.2, 0.25) is 0 Å². The molecule has 1 aromatic heterocycles. The minimum absolute atomic E-state index is 0.0903. The van der Waals surface area contributed by atoms with Crippen molar-refractivity contribution in [3.05, 3.63) is 175 Å². The third-order valence-corrected chi connectivity index (χ3v) is 10.6. The van der Waals surface area contributed by atoms with Gasteiger partial charge < -0.3 is 9.32 Å². The third-order valence-electron chi connectivity index (χ3n) is 10.6. The molecule has 232 valence electrons. The van der Waals surface area contributed by atoms with E-state index in [0.29, 0.717) is 0 Å². The number of fused-ring (bicyclic) bond motifs is 9. The summed E-state index contributed by atoms with van der Waals surface area (Å²) in [5.41, 5.74) is 12.9. The molecule has 2 heteroatoms. The molecule has 49 heavy (non-hydrogen) atoms. The van der Waals surface area contributed by atoms with Crippen LogP contribution in [0.15, 0.2) is 168 Å². The number of hydrogen-bond donors (Lipinski definition) is 0. The lowest BCUT2D eigenvalue weighted by molar-refractivity contribution is 0.660. The molecule has 0 fully saturated rings. The van der Waals surface area contributed by atoms with E-state index in [1.165, 1.54) is 54.9 Å². The van der Waals surface area contributed by atoms with Crippen LogP contribution in [0.4, 0.5) is 17.1 Å². The van der Waals surface area contributed by atoms with Crippen LogP contribution in [0, 0.1) is 0 Å². The van der Waals surface area contributed by atoms with E-state index in [-0.39, 0.29) is 5.41 Å². The zero-order valence-corrected chi connectivity index (χ0v) is 27.4. The standard InChI is InChI=1S/C47H33NO/c1-47(2)43-13-7-5-11-38(43)39-25-24-36(29-44(39)47)48(35-23-19-32-16-15-31-9-3-4-10-37(31)41(32)28-35)34-21-17-30(18-22-34)33-20-26-46-42(27-33)40-12-6-8-14-45(40)49-46/h3-29H,1-2H3. The zero-order valence-electron chi connectivity index (χ0n) is 27.4. The average molecular weight is 628 g/mol. The number of para-hydroxylation sites is 1. The van der Waals surface area contributed by atoms with Crippen LogP contribution < -0.4 is 4.90 Å². The van der Waals surface area contributed by atoms with E-state index < -0.39 is 0 Å². The van der Waals surface area contributed by atoms with Crippen molar-refractivity contribution in [2.75, 3.05) is 4.90 Å². The minimum Gasteiger partial charge on any atom is -0.456 e. The van der Waals surface area contributed by atoms with Gasteiger partial charge in [0, 0.05) is 33.2 Å². The highest BCUT2D eigenvalue weighted by atomic mass is 16.3. The van der Waals surface area contributed by atoms with E-state index in [9.17, 15) is 0 Å². The number of nitrogens with zero attached hydrogens (tertiary/aromatic N) is 1. The second-order valence-electron chi connectivity index (χ2n) is 13.8. The summed E-state index contributed by atoms with van der Waals surface area (Å²) >= 11 is 0. The first-order chi connectivity index (χ1) is 24.0. The lowest BCUT2D eigenvalue weighted by Gasteiger charge is -2.28. The highest BCUT2D eigenvalue weighted by molar-refractivity contribution is 6.09. The molecule has 0 amide bonds. The molecule has 0 saturated heterocycles. The van der Waals surface area contributed by atoms with Gasteiger partial charge in [0.15, 0.2) is 0 Å². The molecule has 1 aliphatic carbocycles. The van der Waals surface area contributed by atoms with Crippen molar-refractivity contribution in [3.8, 4) is 22.3 Å². The highest BCUT2D eigenvalue weighted by Gasteiger charge is 2.35. The molecule has 0 unspecified atom stereocenters. The molecule has 0 aliphatic heterocycles. The van der Waals surface area contributed by atoms with E-state index in [0.717, 1.165) is 39.0 Å². The summed E-state index contributed by atoms with van der Waals surface area (Å²) in [5, 5.41) is 7.31. The summed E-state index contributed by atoms with van der Waals surface area (Å²) in [6.07, 6.45) is 0. The second kappa shape index (κ2) is 10.4. The van der Waals surface area contributed by atoms with Crippen LogP contribution in [-0.4, -0.2) is 0 Å². The van der Waals surface area contributed by atoms with Crippen LogP contribution in [0.1, 0.15) is 25.0 Å². The number of anilines is 3. The fourth-order valence-electron chi connectivity index (χ4n) is 8.12. The third kappa shape index (κ3) is 4.27. The average Bonchev–Trinajstić information content (AvgIpc) is 3.63. The van der Waals surface area contributed by atoms with Gasteiger partial charge >= 0.3 is 0 Å². The van der Waals surface area contributed by atoms with Crippen LogP contribution in [0.5, 0.6) is 0 Å². The van der Waals surface area contributed by atoms with Gasteiger partial charge in [-0.25, -0.2) is 0 Å². The molecule has 0 radical (unpaired) electrons. The van der Waals surface area contributed by atoms with Gasteiger partial charge in [-0.15, -0.1) is 0 Å². The fourth-order valence-corrected chi connectivity index (χ4v) is 8.12. The molecule has 10 rings (SSSR count). The maximum Gasteiger partial charge on any atom is 0.135 e. The largest absolute Gasteiger partial charge is 0.456 e. The van der Waals surface area contributed by atoms with Gasteiger partial charge in [-0.05, 0) is 110 Å². The number of furan rings is 1. The number of benzene rings is 8. The van der Waals surface area contributed by atoms with Crippen molar-refractivity contribution >= 4 is 60.5 Å². The van der Waals surface area contributed by atoms with E-state index >= 15 is 0 Å². The SMILES string of the molecule is CC1(C)c2ccccc2-c2ccc(N(c3ccc(-c4ccc5oc6ccccc6c5c4)cc3)c3ccc4ccc5ccccc5c4c3)cc21. The molecule has 8 aromatic carbocycles. The summed E-state index contributed by atoms with van der Waals surface area (Å²) in [6.45, 7) is 4.70. The molecule has 2 nitrogen and oxygen atoms in total. The van der Waals surface area contributed by atoms with Crippen LogP contribution in [0.3, 0.4) is 0 Å². The Hall–Kier alpha value is -6.12. The van der Waals surface area contributed by atoms with Gasteiger partial charge in [-0.1, -0.05) is 123 Å². The Bertz CT molecular complexity index is 2750. The highest BCUT2D eigenvalue weighted by Crippen LogP contribution is 2.51. The summed E-state index contributed by atoms with van der Waals surface area (Å²) in [6, 6.07) is 59.6. The molecule has 0 spiro atoms. The van der Waals surface area contributed by atoms with Crippen molar-refractivity contribution < 1.29 is 4.42 Å². The molecule has 1 heterocycles. The number of hydrogen-bond acceptors (Lipinski definition) is 2. The monoisotopic (exact) mass is 627 g/mol. The lowest BCUT2D eigenvalue weighted by Crippen LogP contribution is -2.16. The Morgan fingerprint density at radius 3 is 1.90 bits per heavy atom. The quantitative estimate of drug-likeness (QED) is 0.181. The zero-order chi connectivity index (χ0) is 32.7. The maximum absolute atomic E-state index is 6.11. The summed E-state index contributed by atoms with van der Waals surface area (Å²) in [7, 11) is 0. The molecule has 1 aliphatic rings. The van der Waals surface area contributed by atoms with Crippen molar-refractivity contribution in [3.63, 3.8) is 0 Å². The maximum atomic E-state index is 6.11. The van der Waals surface area contributed by atoms with Crippen molar-refractivity contribution in [2.24, 2.45) is 0 Å². The van der Waals surface area contributed by atoms with Crippen LogP contribution >= 0.6 is 0 Å². The molecule has 0 N–H and O–H groups in total. The van der Waals surface area contributed by atoms with Gasteiger partial charge in [-0.3, -0.25) is 0 Å². The van der Waals surface area contributed by atoms with Crippen molar-refractivity contribution in [1.29, 1.82) is 0 Å². The van der Waals surface area contributed by atoms with Crippen LogP contribution in [0.25, 0.3) is 65.7 Å². The second-order valence-corrected chi connectivity index (χ2v) is 13.8. The summed E-state index contributed by atoms with van der Waals surface area (Å²) in [5.74, 6) is 0. The van der Waals surface area contributed by atoms with Gasteiger partial charge in [0.1, 0.15) is 11.2 Å². The van der Waals surface area contributed by atoms with Gasteiger partial charge in [0.2, 0.25) is 0 Å². The predicted molar refractivity (Wildman–Crippen MR) is 206 cm³/mol. The van der Waals surface area contributed by atoms with Gasteiger partial charge in [0.05, 0.1) is 0 Å². The van der Waals surface area contributed by atoms with Crippen molar-refractivity contribution in [2.45, 2.75) is 19.3 Å². The Kier molecular flexibility index (Phi) is 5.95. The first kappa shape index (κ1) is 27.9. The Morgan fingerprint density at radius 2 is 1.02 bits per heavy atom. The fraction of sp³-hybridized carbons (Fsp3) is 0.0638. The molecular weight excluding hydrogens is 595 g/mol. The van der Waals surface area contributed by atoms with Crippen LogP contribution in [-0.2, 0) is 5.41 Å². The Balaban J connectivity index is 1.13. The first-order valence-electron chi connectivity index (χ1n) is 17.0. The Morgan fingerprint density at radius 1 is 0.408 bits per heavy atom. The Labute approximate surface area is 285 Å². The first-order valence-corrected chi connectivity index (χ1v) is 17.0. The number of rotatable bonds is 4. The minimum atomic E-state index is -0.0903. The van der Waals surface area contributed by atoms with E-state index in [2.05, 4.69) is 170 Å². The van der Waals surface area contributed by atoms with E-state index in [4.69, 9.17) is 4.42 Å². The lowest BCUT2D eigenvalue weighted by atomic mass is 9.82. The molecular formula is C47H33NO.